The number of ether oxygens (including phenoxy) is 3. The first-order chi connectivity index (χ1) is 13.0. The largest absolute Gasteiger partial charge is 0.490 e. The van der Waals surface area contributed by atoms with Gasteiger partial charge in [0.25, 0.3) is 0 Å². The van der Waals surface area contributed by atoms with E-state index >= 15 is 0 Å². The molecule has 4 rings (SSSR count). The first kappa shape index (κ1) is 18.3. The normalized spacial score (nSPS) is 27.2. The second-order valence-electron chi connectivity index (χ2n) is 7.75. The van der Waals surface area contributed by atoms with Crippen LogP contribution >= 0.6 is 0 Å². The van der Waals surface area contributed by atoms with E-state index in [0.29, 0.717) is 5.75 Å². The molecule has 1 heterocycles. The van der Waals surface area contributed by atoms with Gasteiger partial charge in [-0.05, 0) is 50.7 Å². The van der Waals surface area contributed by atoms with Crippen molar-refractivity contribution in [3.8, 4) is 17.2 Å². The van der Waals surface area contributed by atoms with Gasteiger partial charge in [-0.25, -0.2) is 8.78 Å². The summed E-state index contributed by atoms with van der Waals surface area (Å²) in [5.74, 6) is -0.741. The standard InChI is InChI=1S/C20H25F2NO4/c21-20(22)9-7-13(8-10-20)19(24)23-14-1-3-15(4-2-14)27-16-5-6-17-18(11-16)26-12-25-17/h5-6,11,13-15H,1-4,7-10,12H2,(H,23,24). The van der Waals surface area contributed by atoms with E-state index in [1.807, 2.05) is 18.2 Å². The van der Waals surface area contributed by atoms with E-state index in [4.69, 9.17) is 14.2 Å². The maximum atomic E-state index is 13.2. The fourth-order valence-corrected chi connectivity index (χ4v) is 4.09. The van der Waals surface area contributed by atoms with Crippen LogP contribution in [0.25, 0.3) is 0 Å². The summed E-state index contributed by atoms with van der Waals surface area (Å²) < 4.78 is 43.2. The highest BCUT2D eigenvalue weighted by Crippen LogP contribution is 2.37. The van der Waals surface area contributed by atoms with Crippen molar-refractivity contribution < 1.29 is 27.8 Å². The Labute approximate surface area is 157 Å². The number of hydrogen-bond donors (Lipinski definition) is 1. The fourth-order valence-electron chi connectivity index (χ4n) is 4.09. The Balaban J connectivity index is 1.21. The van der Waals surface area contributed by atoms with Gasteiger partial charge in [0, 0.05) is 30.9 Å². The zero-order chi connectivity index (χ0) is 18.9. The van der Waals surface area contributed by atoms with Crippen molar-refractivity contribution in [2.24, 2.45) is 5.92 Å². The molecule has 2 saturated carbocycles. The van der Waals surface area contributed by atoms with Gasteiger partial charge in [-0.2, -0.15) is 0 Å². The molecule has 2 aliphatic carbocycles. The number of carbonyl (C=O) groups excluding carboxylic acids is 1. The van der Waals surface area contributed by atoms with Gasteiger partial charge in [0.2, 0.25) is 18.6 Å². The van der Waals surface area contributed by atoms with Crippen molar-refractivity contribution in [1.29, 1.82) is 0 Å². The van der Waals surface area contributed by atoms with E-state index < -0.39 is 5.92 Å². The number of hydrogen-bond acceptors (Lipinski definition) is 4. The van der Waals surface area contributed by atoms with Crippen LogP contribution in [0.1, 0.15) is 51.4 Å². The van der Waals surface area contributed by atoms with E-state index in [1.165, 1.54) is 0 Å². The van der Waals surface area contributed by atoms with E-state index in [9.17, 15) is 13.6 Å². The minimum atomic E-state index is -2.60. The number of alkyl halides is 2. The van der Waals surface area contributed by atoms with Crippen molar-refractivity contribution in [1.82, 2.24) is 5.32 Å². The van der Waals surface area contributed by atoms with Gasteiger partial charge in [0.15, 0.2) is 11.5 Å². The van der Waals surface area contributed by atoms with Crippen molar-refractivity contribution in [2.75, 3.05) is 6.79 Å². The van der Waals surface area contributed by atoms with E-state index in [0.717, 1.165) is 37.2 Å². The highest BCUT2D eigenvalue weighted by atomic mass is 19.3. The van der Waals surface area contributed by atoms with E-state index in [-0.39, 0.29) is 56.4 Å². The Morgan fingerprint density at radius 2 is 1.74 bits per heavy atom. The van der Waals surface area contributed by atoms with Crippen LogP contribution in [0.3, 0.4) is 0 Å². The highest BCUT2D eigenvalue weighted by molar-refractivity contribution is 5.79. The lowest BCUT2D eigenvalue weighted by molar-refractivity contribution is -0.130. The molecule has 1 aromatic rings. The minimum absolute atomic E-state index is 0.0642. The Hall–Kier alpha value is -2.05. The molecule has 0 saturated heterocycles. The zero-order valence-corrected chi connectivity index (χ0v) is 15.2. The monoisotopic (exact) mass is 381 g/mol. The summed E-state index contributed by atoms with van der Waals surface area (Å²) in [6.45, 7) is 0.238. The molecule has 1 amide bonds. The van der Waals surface area contributed by atoms with Crippen molar-refractivity contribution in [2.45, 2.75) is 69.4 Å². The third kappa shape index (κ3) is 4.45. The molecule has 3 aliphatic rings. The molecule has 7 heteroatoms. The molecular formula is C20H25F2NO4. The molecule has 0 aromatic heterocycles. The van der Waals surface area contributed by atoms with Gasteiger partial charge in [0.05, 0.1) is 6.10 Å². The Kier molecular flexibility index (Phi) is 5.10. The quantitative estimate of drug-likeness (QED) is 0.855. The molecule has 0 radical (unpaired) electrons. The summed E-state index contributed by atoms with van der Waals surface area (Å²) in [7, 11) is 0. The number of fused-ring (bicyclic) bond motifs is 1. The van der Waals surface area contributed by atoms with Crippen molar-refractivity contribution in [3.63, 3.8) is 0 Å². The van der Waals surface area contributed by atoms with Gasteiger partial charge < -0.3 is 19.5 Å². The molecule has 148 valence electrons. The first-order valence-corrected chi connectivity index (χ1v) is 9.73. The van der Waals surface area contributed by atoms with Crippen molar-refractivity contribution in [3.05, 3.63) is 18.2 Å². The van der Waals surface area contributed by atoms with Gasteiger partial charge >= 0.3 is 0 Å². The molecule has 1 aliphatic heterocycles. The predicted octanol–water partition coefficient (Wildman–Crippen LogP) is 4.05. The third-order valence-electron chi connectivity index (χ3n) is 5.76. The highest BCUT2D eigenvalue weighted by Gasteiger charge is 2.38. The van der Waals surface area contributed by atoms with Crippen LogP contribution in [0.2, 0.25) is 0 Å². The molecule has 0 atom stereocenters. The van der Waals surface area contributed by atoms with E-state index in [2.05, 4.69) is 5.32 Å². The van der Waals surface area contributed by atoms with Crippen LogP contribution in [-0.2, 0) is 4.79 Å². The second-order valence-corrected chi connectivity index (χ2v) is 7.75. The number of rotatable bonds is 4. The molecule has 0 bridgehead atoms. The Morgan fingerprint density at radius 3 is 2.48 bits per heavy atom. The fraction of sp³-hybridized carbons (Fsp3) is 0.650. The topological polar surface area (TPSA) is 56.8 Å². The predicted molar refractivity (Wildman–Crippen MR) is 94.3 cm³/mol. The molecular weight excluding hydrogens is 356 g/mol. The molecule has 0 spiro atoms. The number of benzene rings is 1. The van der Waals surface area contributed by atoms with Gasteiger partial charge in [-0.1, -0.05) is 0 Å². The lowest BCUT2D eigenvalue weighted by Crippen LogP contribution is -2.43. The van der Waals surface area contributed by atoms with Gasteiger partial charge in [0.1, 0.15) is 5.75 Å². The van der Waals surface area contributed by atoms with Crippen LogP contribution in [0.15, 0.2) is 18.2 Å². The lowest BCUT2D eigenvalue weighted by atomic mass is 9.85. The Morgan fingerprint density at radius 1 is 1.04 bits per heavy atom. The Bertz CT molecular complexity index is 679. The van der Waals surface area contributed by atoms with Crippen LogP contribution in [-0.4, -0.2) is 30.8 Å². The van der Waals surface area contributed by atoms with Crippen molar-refractivity contribution >= 4 is 5.91 Å². The number of halogens is 2. The van der Waals surface area contributed by atoms with Crippen LogP contribution in [0.4, 0.5) is 8.78 Å². The van der Waals surface area contributed by atoms with Crippen LogP contribution in [0, 0.1) is 5.92 Å². The average molecular weight is 381 g/mol. The molecule has 5 nitrogen and oxygen atoms in total. The number of carbonyl (C=O) groups is 1. The summed E-state index contributed by atoms with van der Waals surface area (Å²) in [5.41, 5.74) is 0. The maximum Gasteiger partial charge on any atom is 0.248 e. The summed E-state index contributed by atoms with van der Waals surface area (Å²) in [4.78, 5) is 12.3. The molecule has 1 aromatic carbocycles. The number of amides is 1. The average Bonchev–Trinajstić information content (AvgIpc) is 3.11. The molecule has 0 unspecified atom stereocenters. The third-order valence-corrected chi connectivity index (χ3v) is 5.76. The van der Waals surface area contributed by atoms with Crippen LogP contribution < -0.4 is 19.5 Å². The van der Waals surface area contributed by atoms with E-state index in [1.54, 1.807) is 0 Å². The SMILES string of the molecule is O=C(NC1CCC(Oc2ccc3c(c2)OCO3)CC1)C1CCC(F)(F)CC1. The summed E-state index contributed by atoms with van der Waals surface area (Å²) >= 11 is 0. The zero-order valence-electron chi connectivity index (χ0n) is 15.2. The second kappa shape index (κ2) is 7.52. The van der Waals surface area contributed by atoms with Crippen LogP contribution in [0.5, 0.6) is 17.2 Å². The smallest absolute Gasteiger partial charge is 0.248 e. The number of nitrogens with one attached hydrogen (secondary N) is 1. The molecule has 2 fully saturated rings. The maximum absolute atomic E-state index is 13.2. The summed E-state index contributed by atoms with van der Waals surface area (Å²) in [5, 5.41) is 3.06. The summed E-state index contributed by atoms with van der Waals surface area (Å²) in [6, 6.07) is 5.67. The lowest BCUT2D eigenvalue weighted by Gasteiger charge is -2.32. The first-order valence-electron chi connectivity index (χ1n) is 9.73. The molecule has 1 N–H and O–H groups in total. The minimum Gasteiger partial charge on any atom is -0.490 e. The summed E-state index contributed by atoms with van der Waals surface area (Å²) in [6.07, 6.45) is 3.68. The molecule has 27 heavy (non-hydrogen) atoms. The van der Waals surface area contributed by atoms with Gasteiger partial charge in [-0.3, -0.25) is 4.79 Å². The van der Waals surface area contributed by atoms with Gasteiger partial charge in [-0.15, -0.1) is 0 Å².